The van der Waals surface area contributed by atoms with Gasteiger partial charge in [-0.1, -0.05) is 23.7 Å². The fourth-order valence-corrected chi connectivity index (χ4v) is 4.15. The molecular weight excluding hydrogens is 362 g/mol. The number of piperidine rings is 3. The number of ether oxygens (including phenoxy) is 2. The second kappa shape index (κ2) is 8.46. The summed E-state index contributed by atoms with van der Waals surface area (Å²) in [6.45, 7) is 5.00. The van der Waals surface area contributed by atoms with E-state index >= 15 is 0 Å². The molecule has 1 atom stereocenters. The lowest BCUT2D eigenvalue weighted by Crippen LogP contribution is -2.55. The van der Waals surface area contributed by atoms with Gasteiger partial charge in [0.2, 0.25) is 0 Å². The van der Waals surface area contributed by atoms with Crippen molar-refractivity contribution in [2.45, 2.75) is 32.0 Å². The molecule has 5 nitrogen and oxygen atoms in total. The van der Waals surface area contributed by atoms with Crippen molar-refractivity contribution >= 4 is 11.6 Å². The highest BCUT2D eigenvalue weighted by Crippen LogP contribution is 2.30. The van der Waals surface area contributed by atoms with E-state index in [2.05, 4.69) is 27.3 Å². The highest BCUT2D eigenvalue weighted by Gasteiger charge is 2.33. The monoisotopic (exact) mass is 387 g/mol. The molecule has 0 spiro atoms. The number of hydrogen-bond acceptors (Lipinski definition) is 5. The Balaban J connectivity index is 1.35. The van der Waals surface area contributed by atoms with E-state index < -0.39 is 0 Å². The predicted octanol–water partition coefficient (Wildman–Crippen LogP) is 3.51. The number of halogens is 1. The number of benzene rings is 1. The Bertz CT molecular complexity index is 761. The Hall–Kier alpha value is -1.82. The summed E-state index contributed by atoms with van der Waals surface area (Å²) in [5, 5.41) is 4.23. The zero-order valence-electron chi connectivity index (χ0n) is 15.7. The van der Waals surface area contributed by atoms with Gasteiger partial charge in [0.15, 0.2) is 11.5 Å². The van der Waals surface area contributed by atoms with E-state index in [0.29, 0.717) is 17.8 Å². The van der Waals surface area contributed by atoms with Crippen molar-refractivity contribution in [2.24, 2.45) is 5.92 Å². The van der Waals surface area contributed by atoms with Crippen LogP contribution < -0.4 is 14.8 Å². The Morgan fingerprint density at radius 2 is 1.96 bits per heavy atom. The number of fused-ring (bicyclic) bond motifs is 3. The van der Waals surface area contributed by atoms with Crippen molar-refractivity contribution in [2.75, 3.05) is 26.7 Å². The Morgan fingerprint density at radius 3 is 2.63 bits per heavy atom. The summed E-state index contributed by atoms with van der Waals surface area (Å²) in [7, 11) is 1.68. The van der Waals surface area contributed by atoms with Crippen LogP contribution in [0.4, 0.5) is 0 Å². The summed E-state index contributed by atoms with van der Waals surface area (Å²) < 4.78 is 11.4. The summed E-state index contributed by atoms with van der Waals surface area (Å²) >= 11 is 5.82. The van der Waals surface area contributed by atoms with Crippen LogP contribution in [0.5, 0.6) is 11.5 Å². The van der Waals surface area contributed by atoms with Crippen LogP contribution in [0, 0.1) is 5.92 Å². The molecule has 0 radical (unpaired) electrons. The smallest absolute Gasteiger partial charge is 0.161 e. The third-order valence-electron chi connectivity index (χ3n) is 5.64. The van der Waals surface area contributed by atoms with Crippen LogP contribution in [-0.2, 0) is 13.2 Å². The highest BCUT2D eigenvalue weighted by atomic mass is 35.5. The summed E-state index contributed by atoms with van der Waals surface area (Å²) in [4.78, 5) is 6.65. The highest BCUT2D eigenvalue weighted by molar-refractivity contribution is 6.29. The first kappa shape index (κ1) is 18.5. The first-order chi connectivity index (χ1) is 13.2. The van der Waals surface area contributed by atoms with Crippen molar-refractivity contribution in [3.05, 3.63) is 52.8 Å². The maximum absolute atomic E-state index is 5.91. The minimum absolute atomic E-state index is 0.428. The Morgan fingerprint density at radius 1 is 1.15 bits per heavy atom. The van der Waals surface area contributed by atoms with Gasteiger partial charge in [-0.3, -0.25) is 0 Å². The van der Waals surface area contributed by atoms with Crippen molar-refractivity contribution in [3.8, 4) is 11.5 Å². The minimum Gasteiger partial charge on any atom is -0.493 e. The maximum atomic E-state index is 5.91. The van der Waals surface area contributed by atoms with Gasteiger partial charge in [0.25, 0.3) is 0 Å². The average Bonchev–Trinajstić information content (AvgIpc) is 2.73. The van der Waals surface area contributed by atoms with Crippen LogP contribution in [0.3, 0.4) is 0 Å². The molecule has 0 saturated carbocycles. The summed E-state index contributed by atoms with van der Waals surface area (Å²) in [6.07, 6.45) is 4.38. The number of hydrogen-bond donors (Lipinski definition) is 1. The molecule has 3 aliphatic heterocycles. The van der Waals surface area contributed by atoms with Crippen molar-refractivity contribution < 1.29 is 9.47 Å². The predicted molar refractivity (Wildman–Crippen MR) is 106 cm³/mol. The van der Waals surface area contributed by atoms with Gasteiger partial charge in [0.1, 0.15) is 11.8 Å². The van der Waals surface area contributed by atoms with Gasteiger partial charge in [0, 0.05) is 30.9 Å². The summed E-state index contributed by atoms with van der Waals surface area (Å²) in [5.41, 5.74) is 2.18. The molecule has 6 heteroatoms. The molecule has 1 aromatic carbocycles. The number of pyridine rings is 1. The summed E-state index contributed by atoms with van der Waals surface area (Å²) in [6, 6.07) is 10.4. The third kappa shape index (κ3) is 4.54. The van der Waals surface area contributed by atoms with Crippen LogP contribution in [0.15, 0.2) is 36.5 Å². The molecule has 3 fully saturated rings. The number of methoxy groups -OCH3 is 1. The van der Waals surface area contributed by atoms with E-state index in [4.69, 9.17) is 21.1 Å². The van der Waals surface area contributed by atoms with Gasteiger partial charge in [-0.15, -0.1) is 0 Å². The summed E-state index contributed by atoms with van der Waals surface area (Å²) in [5.74, 6) is 2.32. The molecule has 2 bridgehead atoms. The molecule has 1 N–H and O–H groups in total. The molecule has 144 valence electrons. The van der Waals surface area contributed by atoms with Gasteiger partial charge in [-0.05, 0) is 55.6 Å². The fraction of sp³-hybridized carbons (Fsp3) is 0.476. The fourth-order valence-electron chi connectivity index (χ4n) is 4.04. The normalized spacial score (nSPS) is 24.0. The second-order valence-electron chi connectivity index (χ2n) is 7.39. The lowest BCUT2D eigenvalue weighted by molar-refractivity contribution is 0.0720. The first-order valence-electron chi connectivity index (χ1n) is 9.57. The lowest BCUT2D eigenvalue weighted by Gasteiger charge is -2.45. The average molecular weight is 388 g/mol. The van der Waals surface area contributed by atoms with Crippen LogP contribution >= 0.6 is 11.6 Å². The largest absolute Gasteiger partial charge is 0.493 e. The Labute approximate surface area is 165 Å². The quantitative estimate of drug-likeness (QED) is 0.737. The van der Waals surface area contributed by atoms with Crippen molar-refractivity contribution in [1.29, 1.82) is 0 Å². The molecule has 2 aromatic rings. The number of nitrogens with one attached hydrogen (secondary N) is 1. The van der Waals surface area contributed by atoms with Crippen LogP contribution in [0.25, 0.3) is 0 Å². The van der Waals surface area contributed by atoms with Gasteiger partial charge < -0.3 is 19.7 Å². The second-order valence-corrected chi connectivity index (χ2v) is 7.78. The van der Waals surface area contributed by atoms with Crippen molar-refractivity contribution in [3.63, 3.8) is 0 Å². The van der Waals surface area contributed by atoms with Gasteiger partial charge in [-0.2, -0.15) is 0 Å². The molecule has 27 heavy (non-hydrogen) atoms. The zero-order valence-corrected chi connectivity index (χ0v) is 16.4. The first-order valence-corrected chi connectivity index (χ1v) is 9.95. The van der Waals surface area contributed by atoms with Crippen LogP contribution in [-0.4, -0.2) is 42.7 Å². The van der Waals surface area contributed by atoms with E-state index in [1.165, 1.54) is 38.0 Å². The van der Waals surface area contributed by atoms with E-state index in [0.717, 1.165) is 29.5 Å². The SMILES string of the molecule is COc1cc(CN[C@H]2CN3CCC2CC3)ccc1OCc1ccc(Cl)nc1. The molecule has 3 aliphatic rings. The van der Waals surface area contributed by atoms with Gasteiger partial charge in [0.05, 0.1) is 7.11 Å². The van der Waals surface area contributed by atoms with Crippen LogP contribution in [0.2, 0.25) is 5.15 Å². The molecule has 0 unspecified atom stereocenters. The number of nitrogens with zero attached hydrogens (tertiary/aromatic N) is 2. The molecule has 3 saturated heterocycles. The third-order valence-corrected chi connectivity index (χ3v) is 5.86. The topological polar surface area (TPSA) is 46.6 Å². The van der Waals surface area contributed by atoms with E-state index in [9.17, 15) is 0 Å². The minimum atomic E-state index is 0.428. The molecule has 5 rings (SSSR count). The van der Waals surface area contributed by atoms with Crippen LogP contribution in [0.1, 0.15) is 24.0 Å². The number of aromatic nitrogens is 1. The standard InChI is InChI=1S/C21H26ClN3O2/c1-26-20-10-15(11-23-18-13-25-8-6-17(18)7-9-25)2-4-19(20)27-14-16-3-5-21(22)24-12-16/h2-5,10,12,17-18,23H,6-9,11,13-14H2,1H3/t18-/m0/s1. The lowest BCUT2D eigenvalue weighted by atomic mass is 9.84. The Kier molecular flexibility index (Phi) is 5.81. The van der Waals surface area contributed by atoms with E-state index in [1.54, 1.807) is 19.4 Å². The zero-order chi connectivity index (χ0) is 18.6. The molecule has 0 aliphatic carbocycles. The number of rotatable bonds is 7. The van der Waals surface area contributed by atoms with Gasteiger partial charge in [-0.25, -0.2) is 4.98 Å². The molecular formula is C21H26ClN3O2. The van der Waals surface area contributed by atoms with Gasteiger partial charge >= 0.3 is 0 Å². The van der Waals surface area contributed by atoms with Crippen molar-refractivity contribution in [1.82, 2.24) is 15.2 Å². The molecule has 4 heterocycles. The molecule has 1 aromatic heterocycles. The van der Waals surface area contributed by atoms with E-state index in [1.807, 2.05) is 12.1 Å². The molecule has 0 amide bonds. The van der Waals surface area contributed by atoms with E-state index in [-0.39, 0.29) is 0 Å². The maximum Gasteiger partial charge on any atom is 0.161 e.